The van der Waals surface area contributed by atoms with Gasteiger partial charge < -0.3 is 14.4 Å². The van der Waals surface area contributed by atoms with Gasteiger partial charge in [0.05, 0.1) is 7.11 Å². The maximum atomic E-state index is 10.3. The summed E-state index contributed by atoms with van der Waals surface area (Å²) in [6, 6.07) is 1.85. The first kappa shape index (κ1) is 12.1. The van der Waals surface area contributed by atoms with E-state index in [4.69, 9.17) is 4.74 Å². The van der Waals surface area contributed by atoms with Crippen LogP contribution in [0, 0.1) is 0 Å². The highest BCUT2D eigenvalue weighted by atomic mass is 32.1. The average Bonchev–Trinajstić information content (AvgIpc) is 2.97. The van der Waals surface area contributed by atoms with Crippen molar-refractivity contribution in [2.24, 2.45) is 0 Å². The number of thiophene rings is 1. The van der Waals surface area contributed by atoms with E-state index in [0.29, 0.717) is 5.82 Å². The third-order valence-electron chi connectivity index (χ3n) is 2.56. The smallest absolute Gasteiger partial charge is 0.146 e. The van der Waals surface area contributed by atoms with Crippen molar-refractivity contribution in [3.63, 3.8) is 0 Å². The molecule has 0 aromatic carbocycles. The zero-order valence-electron chi connectivity index (χ0n) is 9.96. The average molecular weight is 252 g/mol. The van der Waals surface area contributed by atoms with Crippen LogP contribution in [0.5, 0.6) is 5.75 Å². The van der Waals surface area contributed by atoms with Crippen molar-refractivity contribution in [3.8, 4) is 5.75 Å². The number of nitrogens with zero attached hydrogens (tertiary/aromatic N) is 2. The van der Waals surface area contributed by atoms with Crippen LogP contribution in [0.1, 0.15) is 30.2 Å². The van der Waals surface area contributed by atoms with E-state index in [0.717, 1.165) is 23.6 Å². The molecule has 0 radical (unpaired) electrons. The fourth-order valence-electron chi connectivity index (χ4n) is 1.71. The molecular weight excluding hydrogens is 236 g/mol. The molecular formula is C12H16N2O2S. The molecule has 0 bridgehead atoms. The Labute approximate surface area is 105 Å². The number of hydrogen-bond donors (Lipinski definition) is 1. The van der Waals surface area contributed by atoms with Crippen LogP contribution in [0.3, 0.4) is 0 Å². The van der Waals surface area contributed by atoms with Gasteiger partial charge in [0.2, 0.25) is 0 Å². The largest absolute Gasteiger partial charge is 0.496 e. The topological polar surface area (TPSA) is 47.3 Å². The summed E-state index contributed by atoms with van der Waals surface area (Å²) in [5.41, 5.74) is 0. The lowest BCUT2D eigenvalue weighted by molar-refractivity contribution is 0.207. The van der Waals surface area contributed by atoms with E-state index in [1.165, 1.54) is 11.3 Å². The second kappa shape index (κ2) is 5.33. The Balaban J connectivity index is 2.23. The zero-order chi connectivity index (χ0) is 12.3. The van der Waals surface area contributed by atoms with E-state index in [1.807, 2.05) is 22.2 Å². The quantitative estimate of drug-likeness (QED) is 0.889. The predicted molar refractivity (Wildman–Crippen MR) is 67.5 cm³/mol. The Kier molecular flexibility index (Phi) is 3.81. The van der Waals surface area contributed by atoms with Crippen molar-refractivity contribution >= 4 is 11.3 Å². The number of aromatic nitrogens is 2. The predicted octanol–water partition coefficient (Wildman–Crippen LogP) is 2.44. The van der Waals surface area contributed by atoms with Crippen LogP contribution in [-0.4, -0.2) is 21.8 Å². The maximum absolute atomic E-state index is 10.3. The molecule has 0 fully saturated rings. The summed E-state index contributed by atoms with van der Waals surface area (Å²) in [7, 11) is 1.62. The molecule has 0 saturated carbocycles. The first-order valence-electron chi connectivity index (χ1n) is 5.57. The van der Waals surface area contributed by atoms with Crippen LogP contribution in [0.2, 0.25) is 0 Å². The molecule has 0 saturated heterocycles. The summed E-state index contributed by atoms with van der Waals surface area (Å²) in [6.45, 7) is 2.97. The van der Waals surface area contributed by atoms with Crippen molar-refractivity contribution in [2.45, 2.75) is 26.0 Å². The Morgan fingerprint density at radius 3 is 3.06 bits per heavy atom. The van der Waals surface area contributed by atoms with Crippen LogP contribution < -0.4 is 4.74 Å². The summed E-state index contributed by atoms with van der Waals surface area (Å²) < 4.78 is 7.10. The first-order valence-corrected chi connectivity index (χ1v) is 6.45. The monoisotopic (exact) mass is 252 g/mol. The van der Waals surface area contributed by atoms with Crippen molar-refractivity contribution in [3.05, 3.63) is 34.5 Å². The number of aliphatic hydroxyl groups is 1. The minimum Gasteiger partial charge on any atom is -0.496 e. The van der Waals surface area contributed by atoms with E-state index in [1.54, 1.807) is 13.3 Å². The lowest BCUT2D eigenvalue weighted by atomic mass is 10.2. The number of rotatable bonds is 5. The molecule has 1 N–H and O–H groups in total. The molecule has 2 rings (SSSR count). The number of imidazole rings is 1. The van der Waals surface area contributed by atoms with Gasteiger partial charge in [0.25, 0.3) is 0 Å². The molecule has 1 unspecified atom stereocenters. The Hall–Kier alpha value is -1.33. The van der Waals surface area contributed by atoms with Gasteiger partial charge in [-0.2, -0.15) is 0 Å². The molecule has 2 aromatic rings. The Bertz CT molecular complexity index is 478. The molecule has 17 heavy (non-hydrogen) atoms. The van der Waals surface area contributed by atoms with Gasteiger partial charge in [-0.1, -0.05) is 6.92 Å². The summed E-state index contributed by atoms with van der Waals surface area (Å²) >= 11 is 1.48. The second-order valence-electron chi connectivity index (χ2n) is 3.77. The number of aliphatic hydroxyl groups excluding tert-OH is 1. The molecule has 0 aliphatic heterocycles. The molecule has 92 valence electrons. The van der Waals surface area contributed by atoms with E-state index >= 15 is 0 Å². The third kappa shape index (κ3) is 2.50. The molecule has 0 amide bonds. The number of hydrogen-bond acceptors (Lipinski definition) is 4. The van der Waals surface area contributed by atoms with Crippen LogP contribution >= 0.6 is 11.3 Å². The van der Waals surface area contributed by atoms with E-state index in [-0.39, 0.29) is 0 Å². The Morgan fingerprint density at radius 1 is 1.59 bits per heavy atom. The lowest BCUT2D eigenvalue weighted by Crippen LogP contribution is -2.08. The lowest BCUT2D eigenvalue weighted by Gasteiger charge is -2.10. The maximum Gasteiger partial charge on any atom is 0.146 e. The molecule has 2 aromatic heterocycles. The number of methoxy groups -OCH3 is 1. The van der Waals surface area contributed by atoms with Gasteiger partial charge in [-0.3, -0.25) is 0 Å². The summed E-state index contributed by atoms with van der Waals surface area (Å²) in [4.78, 5) is 5.08. The third-order valence-corrected chi connectivity index (χ3v) is 3.52. The van der Waals surface area contributed by atoms with Crippen molar-refractivity contribution in [1.82, 2.24) is 9.55 Å². The summed E-state index contributed by atoms with van der Waals surface area (Å²) in [5, 5.41) is 12.1. The van der Waals surface area contributed by atoms with Crippen LogP contribution in [0.15, 0.2) is 23.8 Å². The minimum atomic E-state index is -0.676. The molecule has 2 heterocycles. The highest BCUT2D eigenvalue weighted by Crippen LogP contribution is 2.30. The van der Waals surface area contributed by atoms with Gasteiger partial charge in [-0.25, -0.2) is 4.98 Å². The first-order chi connectivity index (χ1) is 8.26. The summed E-state index contributed by atoms with van der Waals surface area (Å²) in [6.07, 6.45) is 3.96. The standard InChI is InChI=1S/C12H16N2O2S/c1-3-5-14-6-4-13-12(14)11(15)10-7-9(16-2)8-17-10/h4,6-8,11,15H,3,5H2,1-2H3. The summed E-state index contributed by atoms with van der Waals surface area (Å²) in [5.74, 6) is 1.47. The van der Waals surface area contributed by atoms with Gasteiger partial charge in [-0.05, 0) is 12.5 Å². The fourth-order valence-corrected chi connectivity index (χ4v) is 2.55. The van der Waals surface area contributed by atoms with Crippen LogP contribution in [-0.2, 0) is 6.54 Å². The molecule has 0 aliphatic rings. The number of aryl methyl sites for hydroxylation is 1. The molecule has 0 spiro atoms. The molecule has 0 aliphatic carbocycles. The van der Waals surface area contributed by atoms with Gasteiger partial charge in [0, 0.05) is 29.2 Å². The second-order valence-corrected chi connectivity index (χ2v) is 4.71. The van der Waals surface area contributed by atoms with Crippen LogP contribution in [0.25, 0.3) is 0 Å². The minimum absolute atomic E-state index is 0.676. The number of ether oxygens (including phenoxy) is 1. The van der Waals surface area contributed by atoms with E-state index < -0.39 is 6.10 Å². The highest BCUT2D eigenvalue weighted by Gasteiger charge is 2.18. The molecule has 1 atom stereocenters. The highest BCUT2D eigenvalue weighted by molar-refractivity contribution is 7.10. The Morgan fingerprint density at radius 2 is 2.41 bits per heavy atom. The van der Waals surface area contributed by atoms with Crippen LogP contribution in [0.4, 0.5) is 0 Å². The van der Waals surface area contributed by atoms with Crippen molar-refractivity contribution in [1.29, 1.82) is 0 Å². The zero-order valence-corrected chi connectivity index (χ0v) is 10.8. The normalized spacial score (nSPS) is 12.6. The van der Waals surface area contributed by atoms with Gasteiger partial charge in [0.1, 0.15) is 17.7 Å². The fraction of sp³-hybridized carbons (Fsp3) is 0.417. The van der Waals surface area contributed by atoms with Gasteiger partial charge in [-0.15, -0.1) is 11.3 Å². The van der Waals surface area contributed by atoms with Gasteiger partial charge >= 0.3 is 0 Å². The SMILES string of the molecule is CCCn1ccnc1C(O)c1cc(OC)cs1. The molecule has 4 nitrogen and oxygen atoms in total. The van der Waals surface area contributed by atoms with Crippen molar-refractivity contribution < 1.29 is 9.84 Å². The molecule has 5 heteroatoms. The van der Waals surface area contributed by atoms with E-state index in [9.17, 15) is 5.11 Å². The van der Waals surface area contributed by atoms with Gasteiger partial charge in [0.15, 0.2) is 0 Å². The van der Waals surface area contributed by atoms with Crippen molar-refractivity contribution in [2.75, 3.05) is 7.11 Å². The van der Waals surface area contributed by atoms with E-state index in [2.05, 4.69) is 11.9 Å².